The lowest BCUT2D eigenvalue weighted by atomic mass is 10.1. The van der Waals surface area contributed by atoms with Gasteiger partial charge < -0.3 is 20.1 Å². The molecule has 104 valence electrons. The molecule has 0 aliphatic rings. The van der Waals surface area contributed by atoms with Gasteiger partial charge in [-0.25, -0.2) is 0 Å². The van der Waals surface area contributed by atoms with Crippen LogP contribution in [-0.4, -0.2) is 47.7 Å². The summed E-state index contributed by atoms with van der Waals surface area (Å²) in [6, 6.07) is 0. The average molecular weight is 250 g/mol. The Morgan fingerprint density at radius 2 is 1.65 bits per heavy atom. The third-order valence-electron chi connectivity index (χ3n) is 1.89. The van der Waals surface area contributed by atoms with Crippen molar-refractivity contribution in [3.63, 3.8) is 0 Å². The zero-order chi connectivity index (χ0) is 13.5. The topological polar surface area (TPSA) is 87.0 Å². The highest BCUT2D eigenvalue weighted by Gasteiger charge is 1.97. The molecule has 0 unspecified atom stereocenters. The van der Waals surface area contributed by atoms with Crippen LogP contribution in [0.15, 0.2) is 0 Å². The summed E-state index contributed by atoms with van der Waals surface area (Å²) in [5.74, 6) is 0.0255. The van der Waals surface area contributed by atoms with Gasteiger partial charge in [0, 0.05) is 6.42 Å². The van der Waals surface area contributed by atoms with Crippen molar-refractivity contribution in [2.75, 3.05) is 26.4 Å². The monoisotopic (exact) mass is 250 g/mol. The molecule has 3 N–H and O–H groups in total. The summed E-state index contributed by atoms with van der Waals surface area (Å²) >= 11 is 0. The summed E-state index contributed by atoms with van der Waals surface area (Å²) in [6.07, 6.45) is 3.34. The molecule has 0 aromatic carbocycles. The molecule has 0 heterocycles. The van der Waals surface area contributed by atoms with E-state index in [-0.39, 0.29) is 13.2 Å². The summed E-state index contributed by atoms with van der Waals surface area (Å²) < 4.78 is 4.63. The molecule has 0 bridgehead atoms. The molecule has 5 heteroatoms. The number of aliphatic hydroxyl groups excluding tert-OH is 2. The van der Waals surface area contributed by atoms with Crippen LogP contribution in [0.25, 0.3) is 0 Å². The number of carboxylic acids is 1. The van der Waals surface area contributed by atoms with Crippen LogP contribution in [-0.2, 0) is 9.53 Å². The molecule has 0 saturated carbocycles. The van der Waals surface area contributed by atoms with E-state index in [2.05, 4.69) is 18.6 Å². The molecule has 5 nitrogen and oxygen atoms in total. The van der Waals surface area contributed by atoms with Crippen LogP contribution in [0.2, 0.25) is 0 Å². The van der Waals surface area contributed by atoms with Gasteiger partial charge >= 0.3 is 5.97 Å². The van der Waals surface area contributed by atoms with Crippen molar-refractivity contribution >= 4 is 5.97 Å². The fourth-order valence-electron chi connectivity index (χ4n) is 1.06. The first-order chi connectivity index (χ1) is 8.04. The van der Waals surface area contributed by atoms with Gasteiger partial charge in [0.15, 0.2) is 0 Å². The van der Waals surface area contributed by atoms with E-state index in [4.69, 9.17) is 15.3 Å². The summed E-state index contributed by atoms with van der Waals surface area (Å²) in [5, 5.41) is 24.5. The minimum Gasteiger partial charge on any atom is -0.481 e. The standard InChI is InChI=1S/C8H16O2.C4H10O3/c1-7(2)5-3-4-6-8(9)10;5-1-3-7-4-2-6/h7H,3-6H2,1-2H3,(H,9,10);5-6H,1-4H2. The number of ether oxygens (including phenoxy) is 1. The zero-order valence-corrected chi connectivity index (χ0v) is 10.9. The zero-order valence-electron chi connectivity index (χ0n) is 10.9. The lowest BCUT2D eigenvalue weighted by molar-refractivity contribution is -0.137. The van der Waals surface area contributed by atoms with Crippen molar-refractivity contribution in [3.05, 3.63) is 0 Å². The van der Waals surface area contributed by atoms with Crippen LogP contribution in [0, 0.1) is 5.92 Å². The summed E-state index contributed by atoms with van der Waals surface area (Å²) in [4.78, 5) is 10.0. The first-order valence-corrected chi connectivity index (χ1v) is 6.05. The second kappa shape index (κ2) is 15.4. The van der Waals surface area contributed by atoms with E-state index in [9.17, 15) is 4.79 Å². The quantitative estimate of drug-likeness (QED) is 0.536. The van der Waals surface area contributed by atoms with Crippen LogP contribution >= 0.6 is 0 Å². The van der Waals surface area contributed by atoms with Crippen LogP contribution in [0.1, 0.15) is 39.5 Å². The second-order valence-corrected chi connectivity index (χ2v) is 4.09. The normalized spacial score (nSPS) is 9.94. The van der Waals surface area contributed by atoms with Crippen molar-refractivity contribution in [2.24, 2.45) is 5.92 Å². The van der Waals surface area contributed by atoms with Gasteiger partial charge in [-0.3, -0.25) is 4.79 Å². The number of hydrogen-bond acceptors (Lipinski definition) is 4. The number of carboxylic acid groups (broad SMARTS) is 1. The first-order valence-electron chi connectivity index (χ1n) is 6.05. The van der Waals surface area contributed by atoms with E-state index in [0.29, 0.717) is 25.6 Å². The number of carbonyl (C=O) groups is 1. The molecule has 0 amide bonds. The fourth-order valence-corrected chi connectivity index (χ4v) is 1.06. The number of hydrogen-bond donors (Lipinski definition) is 3. The molecule has 0 aromatic heterocycles. The van der Waals surface area contributed by atoms with E-state index in [0.717, 1.165) is 19.3 Å². The van der Waals surface area contributed by atoms with Gasteiger partial charge in [0.05, 0.1) is 26.4 Å². The maximum Gasteiger partial charge on any atom is 0.303 e. The van der Waals surface area contributed by atoms with Gasteiger partial charge in [-0.05, 0) is 12.3 Å². The van der Waals surface area contributed by atoms with Gasteiger partial charge in [-0.1, -0.05) is 26.7 Å². The highest BCUT2D eigenvalue weighted by atomic mass is 16.5. The Labute approximate surface area is 103 Å². The lowest BCUT2D eigenvalue weighted by Gasteiger charge is -2.01. The molecule has 0 saturated heterocycles. The van der Waals surface area contributed by atoms with E-state index >= 15 is 0 Å². The molecule has 0 aromatic rings. The van der Waals surface area contributed by atoms with Gasteiger partial charge in [0.25, 0.3) is 0 Å². The van der Waals surface area contributed by atoms with Crippen molar-refractivity contribution in [3.8, 4) is 0 Å². The molecule has 0 aliphatic heterocycles. The number of unbranched alkanes of at least 4 members (excludes halogenated alkanes) is 1. The summed E-state index contributed by atoms with van der Waals surface area (Å²) in [7, 11) is 0. The Balaban J connectivity index is 0. The molecular formula is C12H26O5. The van der Waals surface area contributed by atoms with Gasteiger partial charge in [-0.15, -0.1) is 0 Å². The number of aliphatic carboxylic acids is 1. The molecular weight excluding hydrogens is 224 g/mol. The molecule has 0 fully saturated rings. The predicted octanol–water partition coefficient (Wildman–Crippen LogP) is 1.28. The van der Waals surface area contributed by atoms with E-state index in [1.807, 2.05) is 0 Å². The van der Waals surface area contributed by atoms with Crippen LogP contribution in [0.5, 0.6) is 0 Å². The van der Waals surface area contributed by atoms with Gasteiger partial charge in [0.1, 0.15) is 0 Å². The molecule has 17 heavy (non-hydrogen) atoms. The van der Waals surface area contributed by atoms with E-state index < -0.39 is 5.97 Å². The highest BCUT2D eigenvalue weighted by molar-refractivity contribution is 5.66. The highest BCUT2D eigenvalue weighted by Crippen LogP contribution is 2.07. The van der Waals surface area contributed by atoms with Crippen LogP contribution in [0.4, 0.5) is 0 Å². The Morgan fingerprint density at radius 1 is 1.12 bits per heavy atom. The lowest BCUT2D eigenvalue weighted by Crippen LogP contribution is -2.03. The maximum absolute atomic E-state index is 10.0. The van der Waals surface area contributed by atoms with Crippen LogP contribution < -0.4 is 0 Å². The van der Waals surface area contributed by atoms with E-state index in [1.54, 1.807) is 0 Å². The van der Waals surface area contributed by atoms with Crippen molar-refractivity contribution in [2.45, 2.75) is 39.5 Å². The SMILES string of the molecule is CC(C)CCCCC(=O)O.OCCOCCO. The third kappa shape index (κ3) is 25.5. The molecule has 0 radical (unpaired) electrons. The minimum absolute atomic E-state index is 0.0278. The Hall–Kier alpha value is -0.650. The smallest absolute Gasteiger partial charge is 0.303 e. The number of rotatable bonds is 9. The molecule has 0 aliphatic carbocycles. The van der Waals surface area contributed by atoms with Gasteiger partial charge in [-0.2, -0.15) is 0 Å². The summed E-state index contributed by atoms with van der Waals surface area (Å²) in [6.45, 7) is 5.00. The van der Waals surface area contributed by atoms with Crippen molar-refractivity contribution < 1.29 is 24.9 Å². The summed E-state index contributed by atoms with van der Waals surface area (Å²) in [5.41, 5.74) is 0. The molecule has 0 rings (SSSR count). The fraction of sp³-hybridized carbons (Fsp3) is 0.917. The second-order valence-electron chi connectivity index (χ2n) is 4.09. The van der Waals surface area contributed by atoms with Crippen molar-refractivity contribution in [1.82, 2.24) is 0 Å². The minimum atomic E-state index is -0.677. The van der Waals surface area contributed by atoms with Crippen LogP contribution in [0.3, 0.4) is 0 Å². The van der Waals surface area contributed by atoms with Crippen molar-refractivity contribution in [1.29, 1.82) is 0 Å². The Morgan fingerprint density at radius 3 is 2.00 bits per heavy atom. The number of aliphatic hydroxyl groups is 2. The predicted molar refractivity (Wildman–Crippen MR) is 65.9 cm³/mol. The van der Waals surface area contributed by atoms with E-state index in [1.165, 1.54) is 0 Å². The largest absolute Gasteiger partial charge is 0.481 e. The maximum atomic E-state index is 10.0. The van der Waals surface area contributed by atoms with Gasteiger partial charge in [0.2, 0.25) is 0 Å². The molecule has 0 atom stereocenters. The Kier molecular flexibility index (Phi) is 16.9. The Bertz CT molecular complexity index is 155. The average Bonchev–Trinajstić information content (AvgIpc) is 2.26. The first kappa shape index (κ1) is 18.7. The third-order valence-corrected chi connectivity index (χ3v) is 1.89. The molecule has 0 spiro atoms.